The maximum Gasteiger partial charge on any atom is 0.328 e. The van der Waals surface area contributed by atoms with E-state index in [2.05, 4.69) is 0 Å². The van der Waals surface area contributed by atoms with Crippen LogP contribution in [0.15, 0.2) is 53.4 Å². The van der Waals surface area contributed by atoms with Gasteiger partial charge >= 0.3 is 5.97 Å². The predicted molar refractivity (Wildman–Crippen MR) is 94.3 cm³/mol. The molecule has 1 N–H and O–H groups in total. The maximum absolute atomic E-state index is 12.9. The largest absolute Gasteiger partial charge is 0.497 e. The van der Waals surface area contributed by atoms with E-state index in [4.69, 9.17) is 9.84 Å². The molecule has 3 rings (SSSR count). The van der Waals surface area contributed by atoms with E-state index in [1.807, 2.05) is 6.07 Å². The minimum Gasteiger partial charge on any atom is -0.497 e. The van der Waals surface area contributed by atoms with Gasteiger partial charge in [0, 0.05) is 18.7 Å². The molecule has 0 saturated carbocycles. The third-order valence-corrected chi connectivity index (χ3v) is 5.81. The van der Waals surface area contributed by atoms with Gasteiger partial charge in [0.2, 0.25) is 0 Å². The number of sulfonamides is 1. The average Bonchev–Trinajstić information content (AvgIpc) is 3.04. The van der Waals surface area contributed by atoms with Crippen molar-refractivity contribution in [2.24, 2.45) is 0 Å². The smallest absolute Gasteiger partial charge is 0.328 e. The van der Waals surface area contributed by atoms with E-state index >= 15 is 0 Å². The number of hydrogen-bond acceptors (Lipinski definition) is 4. The van der Waals surface area contributed by atoms with Crippen LogP contribution < -0.4 is 9.04 Å². The average molecular weight is 359 g/mol. The molecule has 0 amide bonds. The fourth-order valence-electron chi connectivity index (χ4n) is 2.80. The first-order valence-electron chi connectivity index (χ1n) is 7.62. The van der Waals surface area contributed by atoms with Crippen molar-refractivity contribution in [2.45, 2.75) is 11.3 Å². The fraction of sp³-hybridized carbons (Fsp3) is 0.167. The van der Waals surface area contributed by atoms with Crippen LogP contribution in [0.3, 0.4) is 0 Å². The number of carboxylic acids is 1. The zero-order chi connectivity index (χ0) is 18.0. The summed E-state index contributed by atoms with van der Waals surface area (Å²) in [5.41, 5.74) is 2.22. The van der Waals surface area contributed by atoms with Crippen molar-refractivity contribution >= 4 is 27.8 Å². The highest BCUT2D eigenvalue weighted by Gasteiger charge is 2.31. The third kappa shape index (κ3) is 3.36. The van der Waals surface area contributed by atoms with Gasteiger partial charge in [-0.25, -0.2) is 13.2 Å². The number of anilines is 1. The quantitative estimate of drug-likeness (QED) is 0.830. The number of rotatable bonds is 5. The Labute approximate surface area is 146 Å². The molecule has 0 fully saturated rings. The van der Waals surface area contributed by atoms with Gasteiger partial charge < -0.3 is 9.84 Å². The standard InChI is InChI=1S/C18H17NO5S/c1-24-15-3-2-4-16(12-15)25(22,23)19-10-9-14-11-13(5-7-17(14)19)6-8-18(20)21/h2-8,11-12H,9-10H2,1H3,(H,20,21). The SMILES string of the molecule is COc1cccc(S(=O)(=O)N2CCc3cc(C=CC(=O)O)ccc32)c1. The Bertz CT molecular complexity index is 950. The summed E-state index contributed by atoms with van der Waals surface area (Å²) in [7, 11) is -2.19. The molecule has 2 aromatic rings. The molecule has 25 heavy (non-hydrogen) atoms. The van der Waals surface area contributed by atoms with Crippen LogP contribution in [0.4, 0.5) is 5.69 Å². The number of hydrogen-bond donors (Lipinski definition) is 1. The normalized spacial score (nSPS) is 13.9. The highest BCUT2D eigenvalue weighted by Crippen LogP contribution is 2.34. The molecule has 0 spiro atoms. The minimum absolute atomic E-state index is 0.176. The summed E-state index contributed by atoms with van der Waals surface area (Å²) in [6, 6.07) is 11.6. The van der Waals surface area contributed by atoms with Crippen LogP contribution in [0.2, 0.25) is 0 Å². The van der Waals surface area contributed by atoms with Crippen molar-refractivity contribution in [3.63, 3.8) is 0 Å². The Morgan fingerprint density at radius 2 is 2.04 bits per heavy atom. The first-order chi connectivity index (χ1) is 11.9. The van der Waals surface area contributed by atoms with Gasteiger partial charge in [0.15, 0.2) is 0 Å². The molecular formula is C18H17NO5S. The highest BCUT2D eigenvalue weighted by molar-refractivity contribution is 7.92. The van der Waals surface area contributed by atoms with Gasteiger partial charge in [0.25, 0.3) is 10.0 Å². The van der Waals surface area contributed by atoms with E-state index in [1.54, 1.807) is 30.3 Å². The zero-order valence-corrected chi connectivity index (χ0v) is 14.4. The van der Waals surface area contributed by atoms with Crippen LogP contribution in [0.1, 0.15) is 11.1 Å². The number of benzene rings is 2. The Morgan fingerprint density at radius 3 is 2.76 bits per heavy atom. The molecule has 0 aromatic heterocycles. The van der Waals surface area contributed by atoms with Crippen LogP contribution in [0.25, 0.3) is 6.08 Å². The van der Waals surface area contributed by atoms with Crippen molar-refractivity contribution in [1.82, 2.24) is 0 Å². The van der Waals surface area contributed by atoms with Crippen molar-refractivity contribution in [2.75, 3.05) is 18.0 Å². The van der Waals surface area contributed by atoms with Gasteiger partial charge in [-0.05, 0) is 47.9 Å². The van der Waals surface area contributed by atoms with Gasteiger partial charge in [-0.15, -0.1) is 0 Å². The number of nitrogens with zero attached hydrogens (tertiary/aromatic N) is 1. The second kappa shape index (κ2) is 6.60. The number of carboxylic acid groups (broad SMARTS) is 1. The first-order valence-corrected chi connectivity index (χ1v) is 9.06. The van der Waals surface area contributed by atoms with E-state index in [0.717, 1.165) is 17.2 Å². The van der Waals surface area contributed by atoms with Crippen LogP contribution in [0.5, 0.6) is 5.75 Å². The van der Waals surface area contributed by atoms with Gasteiger partial charge in [-0.1, -0.05) is 12.1 Å². The monoisotopic (exact) mass is 359 g/mol. The number of ether oxygens (including phenoxy) is 1. The van der Waals surface area contributed by atoms with Crippen LogP contribution >= 0.6 is 0 Å². The van der Waals surface area contributed by atoms with Crippen molar-refractivity contribution in [3.8, 4) is 5.75 Å². The van der Waals surface area contributed by atoms with E-state index in [9.17, 15) is 13.2 Å². The molecule has 0 saturated heterocycles. The molecule has 6 nitrogen and oxygen atoms in total. The van der Waals surface area contributed by atoms with E-state index < -0.39 is 16.0 Å². The lowest BCUT2D eigenvalue weighted by molar-refractivity contribution is -0.131. The molecule has 0 bridgehead atoms. The molecule has 0 atom stereocenters. The van der Waals surface area contributed by atoms with Crippen LogP contribution in [0, 0.1) is 0 Å². The topological polar surface area (TPSA) is 83.9 Å². The molecule has 1 aliphatic heterocycles. The first kappa shape index (κ1) is 17.0. The van der Waals surface area contributed by atoms with Crippen LogP contribution in [-0.2, 0) is 21.2 Å². The molecule has 7 heteroatoms. The molecule has 2 aromatic carbocycles. The summed E-state index contributed by atoms with van der Waals surface area (Å²) in [4.78, 5) is 10.8. The Morgan fingerprint density at radius 1 is 1.24 bits per heavy atom. The minimum atomic E-state index is -3.68. The second-order valence-electron chi connectivity index (χ2n) is 5.57. The summed E-state index contributed by atoms with van der Waals surface area (Å²) in [5, 5.41) is 8.70. The summed E-state index contributed by atoms with van der Waals surface area (Å²) < 4.78 is 32.4. The fourth-order valence-corrected chi connectivity index (χ4v) is 4.34. The lowest BCUT2D eigenvalue weighted by Crippen LogP contribution is -2.29. The van der Waals surface area contributed by atoms with E-state index in [-0.39, 0.29) is 4.90 Å². The summed E-state index contributed by atoms with van der Waals surface area (Å²) >= 11 is 0. The van der Waals surface area contributed by atoms with Crippen molar-refractivity contribution in [3.05, 3.63) is 59.7 Å². The maximum atomic E-state index is 12.9. The Balaban J connectivity index is 1.95. The predicted octanol–water partition coefficient (Wildman–Crippen LogP) is 2.54. The number of fused-ring (bicyclic) bond motifs is 1. The van der Waals surface area contributed by atoms with Crippen molar-refractivity contribution in [1.29, 1.82) is 0 Å². The Hall–Kier alpha value is -2.80. The van der Waals surface area contributed by atoms with E-state index in [0.29, 0.717) is 24.4 Å². The number of aliphatic carboxylic acids is 1. The summed E-state index contributed by atoms with van der Waals surface area (Å²) in [6.07, 6.45) is 3.12. The number of carbonyl (C=O) groups is 1. The molecule has 0 unspecified atom stereocenters. The molecule has 0 radical (unpaired) electrons. The third-order valence-electron chi connectivity index (χ3n) is 4.00. The lowest BCUT2D eigenvalue weighted by atomic mass is 10.1. The highest BCUT2D eigenvalue weighted by atomic mass is 32.2. The lowest BCUT2D eigenvalue weighted by Gasteiger charge is -2.20. The molecular weight excluding hydrogens is 342 g/mol. The molecule has 130 valence electrons. The Kier molecular flexibility index (Phi) is 4.50. The van der Waals surface area contributed by atoms with Gasteiger partial charge in [0.05, 0.1) is 17.7 Å². The van der Waals surface area contributed by atoms with Gasteiger partial charge in [0.1, 0.15) is 5.75 Å². The van der Waals surface area contributed by atoms with Crippen LogP contribution in [-0.4, -0.2) is 33.1 Å². The number of methoxy groups -OCH3 is 1. The van der Waals surface area contributed by atoms with Gasteiger partial charge in [-0.2, -0.15) is 0 Å². The van der Waals surface area contributed by atoms with Gasteiger partial charge in [-0.3, -0.25) is 4.31 Å². The molecule has 0 aliphatic carbocycles. The molecule has 1 heterocycles. The summed E-state index contributed by atoms with van der Waals surface area (Å²) in [6.45, 7) is 0.348. The second-order valence-corrected chi connectivity index (χ2v) is 7.43. The molecule has 1 aliphatic rings. The zero-order valence-electron chi connectivity index (χ0n) is 13.5. The van der Waals surface area contributed by atoms with Crippen molar-refractivity contribution < 1.29 is 23.1 Å². The summed E-state index contributed by atoms with van der Waals surface area (Å²) in [5.74, 6) is -0.544. The van der Waals surface area contributed by atoms with E-state index in [1.165, 1.54) is 23.6 Å².